The molecule has 3 amide bonds. The van der Waals surface area contributed by atoms with Gasteiger partial charge in [0.15, 0.2) is 0 Å². The summed E-state index contributed by atoms with van der Waals surface area (Å²) in [6.07, 6.45) is 0.210. The van der Waals surface area contributed by atoms with Crippen LogP contribution in [-0.4, -0.2) is 104 Å². The first-order valence-electron chi connectivity index (χ1n) is 12.8. The van der Waals surface area contributed by atoms with Gasteiger partial charge < -0.3 is 35.5 Å². The number of amides is 3. The number of nitrogen functional groups attached to an aromatic ring is 1. The highest BCUT2D eigenvalue weighted by atomic mass is 35.5. The molecule has 2 unspecified atom stereocenters. The van der Waals surface area contributed by atoms with Crippen molar-refractivity contribution < 1.29 is 33.4 Å². The third kappa shape index (κ3) is 6.93. The van der Waals surface area contributed by atoms with Gasteiger partial charge in [-0.25, -0.2) is 0 Å². The van der Waals surface area contributed by atoms with Gasteiger partial charge in [-0.05, 0) is 38.0 Å². The maximum Gasteiger partial charge on any atom is 0.310 e. The van der Waals surface area contributed by atoms with E-state index in [1.165, 1.54) is 23.1 Å². The smallest absolute Gasteiger partial charge is 0.310 e. The number of carbonyl (C=O) groups is 4. The Morgan fingerprint density at radius 3 is 2.74 bits per heavy atom. The van der Waals surface area contributed by atoms with Crippen LogP contribution in [0, 0.1) is 0 Å². The minimum absolute atomic E-state index is 0.00869. The molecule has 3 aliphatic rings. The van der Waals surface area contributed by atoms with Crippen LogP contribution in [0.3, 0.4) is 0 Å². The maximum atomic E-state index is 13.2. The third-order valence-corrected chi connectivity index (χ3v) is 7.23. The summed E-state index contributed by atoms with van der Waals surface area (Å²) in [6.45, 7) is 5.91. The number of morpholine rings is 1. The molecular formula is C25H34ClN5O7. The number of halogens is 1. The number of ether oxygens (including phenoxy) is 3. The van der Waals surface area contributed by atoms with Crippen molar-refractivity contribution in [3.63, 3.8) is 0 Å². The first-order valence-corrected chi connectivity index (χ1v) is 13.2. The highest BCUT2D eigenvalue weighted by molar-refractivity contribution is 6.33. The topological polar surface area (TPSA) is 153 Å². The molecule has 0 saturated carbocycles. The van der Waals surface area contributed by atoms with Gasteiger partial charge >= 0.3 is 5.97 Å². The molecule has 0 aromatic heterocycles. The van der Waals surface area contributed by atoms with E-state index in [0.29, 0.717) is 51.4 Å². The minimum atomic E-state index is -0.886. The molecule has 0 spiro atoms. The molecule has 208 valence electrons. The molecule has 4 atom stereocenters. The van der Waals surface area contributed by atoms with Gasteiger partial charge in [0.2, 0.25) is 18.1 Å². The van der Waals surface area contributed by atoms with E-state index >= 15 is 0 Å². The second-order valence-corrected chi connectivity index (χ2v) is 10.0. The molecular weight excluding hydrogens is 518 g/mol. The van der Waals surface area contributed by atoms with Crippen LogP contribution >= 0.6 is 11.6 Å². The quantitative estimate of drug-likeness (QED) is 0.287. The molecule has 3 saturated heterocycles. The Morgan fingerprint density at radius 1 is 1.24 bits per heavy atom. The summed E-state index contributed by atoms with van der Waals surface area (Å²) in [6, 6.07) is 2.22. The summed E-state index contributed by atoms with van der Waals surface area (Å²) in [5.41, 5.74) is 6.30. The second kappa shape index (κ2) is 12.7. The molecule has 38 heavy (non-hydrogen) atoms. The Kier molecular flexibility index (Phi) is 9.42. The van der Waals surface area contributed by atoms with Gasteiger partial charge in [-0.3, -0.25) is 24.1 Å². The number of nitrogens with zero attached hydrogens (tertiary/aromatic N) is 2. The van der Waals surface area contributed by atoms with Crippen molar-refractivity contribution in [2.75, 3.05) is 51.7 Å². The lowest BCUT2D eigenvalue weighted by Gasteiger charge is -2.29. The molecule has 4 N–H and O–H groups in total. The zero-order valence-corrected chi connectivity index (χ0v) is 22.1. The summed E-state index contributed by atoms with van der Waals surface area (Å²) in [5.74, 6) is -1.70. The highest BCUT2D eigenvalue weighted by Gasteiger charge is 2.41. The fourth-order valence-electron chi connectivity index (χ4n) is 4.77. The third-order valence-electron chi connectivity index (χ3n) is 6.90. The van der Waals surface area contributed by atoms with E-state index < -0.39 is 36.3 Å². The summed E-state index contributed by atoms with van der Waals surface area (Å²) >= 11 is 6.00. The van der Waals surface area contributed by atoms with Gasteiger partial charge in [-0.2, -0.15) is 0 Å². The van der Waals surface area contributed by atoms with Crippen molar-refractivity contribution in [1.29, 1.82) is 0 Å². The summed E-state index contributed by atoms with van der Waals surface area (Å²) < 4.78 is 16.4. The highest BCUT2D eigenvalue weighted by Crippen LogP contribution is 2.22. The van der Waals surface area contributed by atoms with Gasteiger partial charge in [-0.15, -0.1) is 0 Å². The van der Waals surface area contributed by atoms with E-state index in [-0.39, 0.29) is 28.8 Å². The minimum Gasteiger partial charge on any atom is -0.433 e. The first-order chi connectivity index (χ1) is 18.2. The van der Waals surface area contributed by atoms with Gasteiger partial charge in [-0.1, -0.05) is 11.6 Å². The van der Waals surface area contributed by atoms with E-state index in [9.17, 15) is 19.2 Å². The fourth-order valence-corrected chi connectivity index (χ4v) is 4.95. The monoisotopic (exact) mass is 551 g/mol. The standard InChI is InChI=1S/C25H34ClN5O7/c1-15(28-22(33)16-4-5-18(27)17(26)13-16)24(35)31-6-2-3-20(31)23(34)29-19-14-21(32)38-25(19)37-12-9-30-7-10-36-11-8-30/h4-5,13,15,19-20,25H,2-3,6-12,14,27H2,1H3,(H,28,33)(H,29,34)/t15-,19?,20-,25?/m0/s1. The summed E-state index contributed by atoms with van der Waals surface area (Å²) in [5, 5.41) is 5.74. The largest absolute Gasteiger partial charge is 0.433 e. The van der Waals surface area contributed by atoms with E-state index in [1.54, 1.807) is 6.92 Å². The Bertz CT molecular complexity index is 1050. The number of benzene rings is 1. The second-order valence-electron chi connectivity index (χ2n) is 9.62. The molecule has 0 bridgehead atoms. The number of anilines is 1. The van der Waals surface area contributed by atoms with Crippen LogP contribution < -0.4 is 16.4 Å². The van der Waals surface area contributed by atoms with Gasteiger partial charge in [0.1, 0.15) is 18.1 Å². The molecule has 1 aromatic carbocycles. The molecule has 1 aromatic rings. The number of nitrogens with one attached hydrogen (secondary N) is 2. The number of cyclic esters (lactones) is 1. The predicted molar refractivity (Wildman–Crippen MR) is 137 cm³/mol. The SMILES string of the molecule is C[C@H](NC(=O)c1ccc(N)c(Cl)c1)C(=O)N1CCC[C@H]1C(=O)NC1CC(=O)OC1OCCN1CCOCC1. The Balaban J connectivity index is 1.30. The van der Waals surface area contributed by atoms with E-state index in [2.05, 4.69) is 15.5 Å². The molecule has 0 radical (unpaired) electrons. The predicted octanol–water partition coefficient (Wildman–Crippen LogP) is 0.138. The van der Waals surface area contributed by atoms with E-state index in [1.807, 2.05) is 0 Å². The number of hydrogen-bond acceptors (Lipinski definition) is 9. The zero-order chi connectivity index (χ0) is 27.2. The zero-order valence-electron chi connectivity index (χ0n) is 21.3. The summed E-state index contributed by atoms with van der Waals surface area (Å²) in [4.78, 5) is 54.5. The average Bonchev–Trinajstić information content (AvgIpc) is 3.52. The number of nitrogens with two attached hydrogens (primary N) is 1. The van der Waals surface area contributed by atoms with E-state index in [0.717, 1.165) is 13.1 Å². The number of likely N-dealkylation sites (tertiary alicyclic amines) is 1. The van der Waals surface area contributed by atoms with Crippen molar-refractivity contribution >= 4 is 41.0 Å². The number of rotatable bonds is 9. The lowest BCUT2D eigenvalue weighted by molar-refractivity contribution is -0.166. The van der Waals surface area contributed by atoms with Crippen molar-refractivity contribution in [1.82, 2.24) is 20.4 Å². The maximum absolute atomic E-state index is 13.2. The van der Waals surface area contributed by atoms with Crippen LogP contribution in [0.25, 0.3) is 0 Å². The van der Waals surface area contributed by atoms with Crippen LogP contribution in [0.4, 0.5) is 5.69 Å². The molecule has 3 aliphatic heterocycles. The first kappa shape index (κ1) is 28.1. The van der Waals surface area contributed by atoms with Crippen LogP contribution in [-0.2, 0) is 28.6 Å². The Morgan fingerprint density at radius 2 is 2.00 bits per heavy atom. The van der Waals surface area contributed by atoms with Crippen LogP contribution in [0.5, 0.6) is 0 Å². The fraction of sp³-hybridized carbons (Fsp3) is 0.600. The van der Waals surface area contributed by atoms with Gasteiger partial charge in [0, 0.05) is 31.7 Å². The number of hydrogen-bond donors (Lipinski definition) is 3. The van der Waals surface area contributed by atoms with Gasteiger partial charge in [0.05, 0.1) is 37.0 Å². The van der Waals surface area contributed by atoms with Crippen molar-refractivity contribution in [3.05, 3.63) is 28.8 Å². The molecule has 0 aliphatic carbocycles. The lowest BCUT2D eigenvalue weighted by Crippen LogP contribution is -2.54. The number of esters is 1. The Labute approximate surface area is 226 Å². The van der Waals surface area contributed by atoms with Crippen LogP contribution in [0.15, 0.2) is 18.2 Å². The van der Waals surface area contributed by atoms with Crippen LogP contribution in [0.2, 0.25) is 5.02 Å². The molecule has 4 rings (SSSR count). The Hall–Kier alpha value is -2.93. The molecule has 13 heteroatoms. The van der Waals surface area contributed by atoms with Crippen molar-refractivity contribution in [2.45, 2.75) is 50.6 Å². The lowest BCUT2D eigenvalue weighted by atomic mass is 10.1. The molecule has 3 heterocycles. The number of carbonyl (C=O) groups excluding carboxylic acids is 4. The van der Waals surface area contributed by atoms with Crippen molar-refractivity contribution in [2.24, 2.45) is 0 Å². The molecule has 12 nitrogen and oxygen atoms in total. The summed E-state index contributed by atoms with van der Waals surface area (Å²) in [7, 11) is 0. The van der Waals surface area contributed by atoms with Crippen LogP contribution in [0.1, 0.15) is 36.5 Å². The average molecular weight is 552 g/mol. The van der Waals surface area contributed by atoms with Gasteiger partial charge in [0.25, 0.3) is 5.91 Å². The normalized spacial score (nSPS) is 24.6. The van der Waals surface area contributed by atoms with E-state index in [4.69, 9.17) is 31.5 Å². The van der Waals surface area contributed by atoms with Crippen molar-refractivity contribution in [3.8, 4) is 0 Å². The molecule has 3 fully saturated rings.